The van der Waals surface area contributed by atoms with E-state index in [9.17, 15) is 9.59 Å². The SMILES string of the molecule is CC(=O)C(C(=O)SC(C)(C)C)(c1ccc(C)cc1)c1ccc(C)cc1. The van der Waals surface area contributed by atoms with Crippen molar-refractivity contribution in [2.45, 2.75) is 51.7 Å². The van der Waals surface area contributed by atoms with Crippen LogP contribution in [-0.2, 0) is 15.0 Å². The van der Waals surface area contributed by atoms with Crippen LogP contribution in [0.2, 0.25) is 0 Å². The minimum absolute atomic E-state index is 0.125. The second kappa shape index (κ2) is 7.17. The van der Waals surface area contributed by atoms with Crippen LogP contribution in [0.3, 0.4) is 0 Å². The first kappa shape index (κ1) is 19.5. The molecule has 0 N–H and O–H groups in total. The van der Waals surface area contributed by atoms with Crippen LogP contribution in [0.15, 0.2) is 48.5 Å². The summed E-state index contributed by atoms with van der Waals surface area (Å²) in [6.45, 7) is 11.5. The smallest absolute Gasteiger partial charge is 0.211 e. The molecule has 3 heteroatoms. The van der Waals surface area contributed by atoms with Crippen molar-refractivity contribution in [2.24, 2.45) is 0 Å². The van der Waals surface area contributed by atoms with Gasteiger partial charge in [-0.3, -0.25) is 9.59 Å². The molecule has 25 heavy (non-hydrogen) atoms. The van der Waals surface area contributed by atoms with Gasteiger partial charge in [-0.1, -0.05) is 92.2 Å². The van der Waals surface area contributed by atoms with E-state index in [2.05, 4.69) is 0 Å². The number of carbonyl (C=O) groups excluding carboxylic acids is 2. The van der Waals surface area contributed by atoms with Crippen molar-refractivity contribution in [1.29, 1.82) is 0 Å². The van der Waals surface area contributed by atoms with Crippen molar-refractivity contribution in [2.75, 3.05) is 0 Å². The van der Waals surface area contributed by atoms with Crippen LogP contribution in [0.5, 0.6) is 0 Å². The van der Waals surface area contributed by atoms with Gasteiger partial charge in [0.2, 0.25) is 5.12 Å². The maximum Gasteiger partial charge on any atom is 0.211 e. The van der Waals surface area contributed by atoms with Crippen LogP contribution in [0, 0.1) is 13.8 Å². The van der Waals surface area contributed by atoms with E-state index in [-0.39, 0.29) is 15.6 Å². The topological polar surface area (TPSA) is 34.1 Å². The highest BCUT2D eigenvalue weighted by atomic mass is 32.2. The maximum absolute atomic E-state index is 13.4. The van der Waals surface area contributed by atoms with E-state index in [0.717, 1.165) is 22.3 Å². The Morgan fingerprint density at radius 2 is 1.12 bits per heavy atom. The van der Waals surface area contributed by atoms with E-state index < -0.39 is 5.41 Å². The van der Waals surface area contributed by atoms with Gasteiger partial charge in [-0.05, 0) is 31.9 Å². The number of rotatable bonds is 4. The Morgan fingerprint density at radius 1 is 0.760 bits per heavy atom. The molecule has 2 nitrogen and oxygen atoms in total. The van der Waals surface area contributed by atoms with Gasteiger partial charge in [-0.2, -0.15) is 0 Å². The zero-order chi connectivity index (χ0) is 18.8. The maximum atomic E-state index is 13.4. The molecule has 2 aromatic carbocycles. The van der Waals surface area contributed by atoms with Crippen molar-refractivity contribution in [3.8, 4) is 0 Å². The average molecular weight is 355 g/mol. The number of aryl methyl sites for hydroxylation is 2. The summed E-state index contributed by atoms with van der Waals surface area (Å²) in [4.78, 5) is 26.4. The van der Waals surface area contributed by atoms with Crippen molar-refractivity contribution < 1.29 is 9.59 Å². The molecule has 2 aromatic rings. The predicted molar refractivity (Wildman–Crippen MR) is 106 cm³/mol. The Balaban J connectivity index is 2.75. The van der Waals surface area contributed by atoms with E-state index in [4.69, 9.17) is 0 Å². The second-order valence-corrected chi connectivity index (χ2v) is 9.34. The van der Waals surface area contributed by atoms with Crippen LogP contribution in [0.4, 0.5) is 0 Å². The minimum atomic E-state index is -1.28. The number of Topliss-reactive ketones (excluding diaryl/α,β-unsaturated/α-hetero) is 1. The molecule has 0 unspecified atom stereocenters. The predicted octanol–water partition coefficient (Wildman–Crippen LogP) is 5.24. The van der Waals surface area contributed by atoms with Crippen molar-refractivity contribution >= 4 is 22.7 Å². The Morgan fingerprint density at radius 3 is 1.40 bits per heavy atom. The number of benzene rings is 2. The van der Waals surface area contributed by atoms with Crippen molar-refractivity contribution in [1.82, 2.24) is 0 Å². The third kappa shape index (κ3) is 4.04. The molecule has 0 amide bonds. The zero-order valence-corrected chi connectivity index (χ0v) is 16.7. The van der Waals surface area contributed by atoms with E-state index >= 15 is 0 Å². The van der Waals surface area contributed by atoms with Gasteiger partial charge in [0.15, 0.2) is 5.78 Å². The third-order valence-corrected chi connectivity index (χ3v) is 5.31. The molecule has 0 radical (unpaired) electrons. The number of hydrogen-bond acceptors (Lipinski definition) is 3. The lowest BCUT2D eigenvalue weighted by Gasteiger charge is -2.33. The van der Waals surface area contributed by atoms with E-state index in [0.29, 0.717) is 0 Å². The molecule has 0 heterocycles. The number of carbonyl (C=O) groups is 2. The van der Waals surface area contributed by atoms with Crippen molar-refractivity contribution in [3.63, 3.8) is 0 Å². The summed E-state index contributed by atoms with van der Waals surface area (Å²) < 4.78 is -0.271. The van der Waals surface area contributed by atoms with Gasteiger partial charge in [0.1, 0.15) is 5.41 Å². The third-order valence-electron chi connectivity index (χ3n) is 4.20. The summed E-state index contributed by atoms with van der Waals surface area (Å²) >= 11 is 1.23. The van der Waals surface area contributed by atoms with Crippen molar-refractivity contribution in [3.05, 3.63) is 70.8 Å². The fraction of sp³-hybridized carbons (Fsp3) is 0.364. The molecule has 0 fully saturated rings. The highest BCUT2D eigenvalue weighted by molar-refractivity contribution is 8.15. The van der Waals surface area contributed by atoms with Gasteiger partial charge < -0.3 is 0 Å². The minimum Gasteiger partial charge on any atom is -0.298 e. The van der Waals surface area contributed by atoms with E-state index in [1.807, 2.05) is 83.1 Å². The van der Waals surface area contributed by atoms with E-state index in [1.165, 1.54) is 18.7 Å². The Kier molecular flexibility index (Phi) is 5.58. The van der Waals surface area contributed by atoms with Crippen LogP contribution >= 0.6 is 11.8 Å². The Bertz CT molecular complexity index is 720. The molecule has 0 atom stereocenters. The van der Waals surface area contributed by atoms with Crippen LogP contribution in [0.1, 0.15) is 49.9 Å². The van der Waals surface area contributed by atoms with E-state index in [1.54, 1.807) is 0 Å². The fourth-order valence-electron chi connectivity index (χ4n) is 2.91. The molecular weight excluding hydrogens is 328 g/mol. The van der Waals surface area contributed by atoms with Crippen LogP contribution < -0.4 is 0 Å². The van der Waals surface area contributed by atoms with Crippen LogP contribution in [-0.4, -0.2) is 15.6 Å². The summed E-state index contributed by atoms with van der Waals surface area (Å²) in [5.74, 6) is -0.151. The highest BCUT2D eigenvalue weighted by Gasteiger charge is 2.47. The summed E-state index contributed by atoms with van der Waals surface area (Å²) in [6.07, 6.45) is 0. The molecule has 0 spiro atoms. The number of hydrogen-bond donors (Lipinski definition) is 0. The zero-order valence-electron chi connectivity index (χ0n) is 15.8. The monoisotopic (exact) mass is 354 g/mol. The largest absolute Gasteiger partial charge is 0.298 e. The van der Waals surface area contributed by atoms with Gasteiger partial charge >= 0.3 is 0 Å². The quantitative estimate of drug-likeness (QED) is 0.704. The first-order chi connectivity index (χ1) is 11.6. The lowest BCUT2D eigenvalue weighted by molar-refractivity contribution is -0.127. The molecule has 0 saturated carbocycles. The first-order valence-corrected chi connectivity index (χ1v) is 9.28. The normalized spacial score (nSPS) is 12.1. The summed E-state index contributed by atoms with van der Waals surface area (Å²) in [5.41, 5.74) is 2.38. The summed E-state index contributed by atoms with van der Waals surface area (Å²) in [5, 5.41) is -0.125. The molecule has 0 aromatic heterocycles. The number of thioether (sulfide) groups is 1. The molecule has 132 valence electrons. The lowest BCUT2D eigenvalue weighted by atomic mass is 9.72. The van der Waals surface area contributed by atoms with Gasteiger partial charge in [0.05, 0.1) is 0 Å². The Labute approximate surface area is 155 Å². The Hall–Kier alpha value is -1.87. The molecule has 0 aliphatic heterocycles. The molecule has 0 saturated heterocycles. The molecule has 2 rings (SSSR count). The van der Waals surface area contributed by atoms with Crippen LogP contribution in [0.25, 0.3) is 0 Å². The van der Waals surface area contributed by atoms with Gasteiger partial charge in [-0.25, -0.2) is 0 Å². The fourth-order valence-corrected chi connectivity index (χ4v) is 4.00. The molecule has 0 aliphatic carbocycles. The van der Waals surface area contributed by atoms with Gasteiger partial charge in [0.25, 0.3) is 0 Å². The summed E-state index contributed by atoms with van der Waals surface area (Å²) in [7, 11) is 0. The molecule has 0 bridgehead atoms. The second-order valence-electron chi connectivity index (χ2n) is 7.54. The van der Waals surface area contributed by atoms with Gasteiger partial charge in [0, 0.05) is 4.75 Å². The van der Waals surface area contributed by atoms with Gasteiger partial charge in [-0.15, -0.1) is 0 Å². The lowest BCUT2D eigenvalue weighted by Crippen LogP contribution is -2.43. The summed E-state index contributed by atoms with van der Waals surface area (Å²) in [6, 6.07) is 15.4. The number of ketones is 1. The highest BCUT2D eigenvalue weighted by Crippen LogP contribution is 2.41. The average Bonchev–Trinajstić information content (AvgIpc) is 2.49. The standard InChI is InChI=1S/C22H26O2S/c1-15-7-11-18(12-8-15)22(17(3)23,20(24)25-21(4,5)6)19-13-9-16(2)10-14-19/h7-14H,1-6H3. The molecule has 0 aliphatic rings. The first-order valence-electron chi connectivity index (χ1n) is 8.46. The molecular formula is C22H26O2S.